The van der Waals surface area contributed by atoms with Gasteiger partial charge in [0.25, 0.3) is 0 Å². The molecule has 92 valence electrons. The predicted molar refractivity (Wildman–Crippen MR) is 68.3 cm³/mol. The number of nitrogens with zero attached hydrogens (tertiary/aromatic N) is 1. The lowest BCUT2D eigenvalue weighted by Gasteiger charge is -2.08. The molecule has 0 aliphatic carbocycles. The van der Waals surface area contributed by atoms with Crippen LogP contribution in [0.1, 0.15) is 32.9 Å². The quantitative estimate of drug-likeness (QED) is 0.757. The maximum atomic E-state index is 13.2. The lowest BCUT2D eigenvalue weighted by molar-refractivity contribution is 0.103. The zero-order valence-corrected chi connectivity index (χ0v) is 10.6. The number of ketones is 1. The summed E-state index contributed by atoms with van der Waals surface area (Å²) in [5.41, 5.74) is 3.21. The van der Waals surface area contributed by atoms with Gasteiger partial charge in [0.1, 0.15) is 5.82 Å². The number of benzene rings is 1. The molecule has 0 amide bonds. The molecule has 0 N–H and O–H groups in total. The van der Waals surface area contributed by atoms with E-state index in [1.54, 1.807) is 32.0 Å². The van der Waals surface area contributed by atoms with Gasteiger partial charge in [0, 0.05) is 22.5 Å². The van der Waals surface area contributed by atoms with E-state index in [0.717, 1.165) is 11.3 Å². The molecule has 1 heterocycles. The van der Waals surface area contributed by atoms with E-state index in [9.17, 15) is 9.18 Å². The minimum Gasteiger partial charge on any atom is -0.289 e. The molecule has 1 aromatic heterocycles. The highest BCUT2D eigenvalue weighted by molar-refractivity contribution is 6.10. The standard InChI is InChI=1S/C15H14FNO/c1-9-4-6-12(16)8-14(9)15(18)13-7-5-10(2)17-11(13)3/h4-8H,1-3H3. The maximum absolute atomic E-state index is 13.2. The van der Waals surface area contributed by atoms with Gasteiger partial charge in [-0.15, -0.1) is 0 Å². The average Bonchev–Trinajstić information content (AvgIpc) is 2.31. The molecule has 18 heavy (non-hydrogen) atoms. The molecule has 0 atom stereocenters. The zero-order valence-electron chi connectivity index (χ0n) is 10.6. The first-order chi connectivity index (χ1) is 8.49. The summed E-state index contributed by atoms with van der Waals surface area (Å²) in [6.45, 7) is 5.45. The van der Waals surface area contributed by atoms with Crippen LogP contribution in [0.2, 0.25) is 0 Å². The smallest absolute Gasteiger partial charge is 0.195 e. The first-order valence-corrected chi connectivity index (χ1v) is 5.74. The van der Waals surface area contributed by atoms with E-state index < -0.39 is 5.82 Å². The van der Waals surface area contributed by atoms with Crippen molar-refractivity contribution in [2.24, 2.45) is 0 Å². The molecule has 0 fully saturated rings. The van der Waals surface area contributed by atoms with Crippen LogP contribution in [-0.2, 0) is 0 Å². The summed E-state index contributed by atoms with van der Waals surface area (Å²) in [5.74, 6) is -0.585. The highest BCUT2D eigenvalue weighted by Crippen LogP contribution is 2.17. The van der Waals surface area contributed by atoms with Crippen LogP contribution in [0.15, 0.2) is 30.3 Å². The molecule has 2 rings (SSSR count). The molecule has 0 aliphatic rings. The van der Waals surface area contributed by atoms with Crippen LogP contribution in [0.25, 0.3) is 0 Å². The maximum Gasteiger partial charge on any atom is 0.195 e. The van der Waals surface area contributed by atoms with Crippen molar-refractivity contribution in [1.29, 1.82) is 0 Å². The molecule has 0 spiro atoms. The third-order valence-corrected chi connectivity index (χ3v) is 2.91. The second-order valence-corrected chi connectivity index (χ2v) is 4.37. The Kier molecular flexibility index (Phi) is 3.24. The van der Waals surface area contributed by atoms with Crippen molar-refractivity contribution >= 4 is 5.78 Å². The van der Waals surface area contributed by atoms with Crippen LogP contribution in [0.4, 0.5) is 4.39 Å². The van der Waals surface area contributed by atoms with E-state index in [1.807, 2.05) is 6.92 Å². The minimum atomic E-state index is -0.401. The Labute approximate surface area is 105 Å². The summed E-state index contributed by atoms with van der Waals surface area (Å²) in [7, 11) is 0. The highest BCUT2D eigenvalue weighted by atomic mass is 19.1. The van der Waals surface area contributed by atoms with Gasteiger partial charge in [0.2, 0.25) is 0 Å². The Morgan fingerprint density at radius 2 is 1.78 bits per heavy atom. The van der Waals surface area contributed by atoms with Gasteiger partial charge < -0.3 is 0 Å². The van der Waals surface area contributed by atoms with Crippen molar-refractivity contribution in [2.45, 2.75) is 20.8 Å². The van der Waals surface area contributed by atoms with Crippen molar-refractivity contribution in [3.8, 4) is 0 Å². The lowest BCUT2D eigenvalue weighted by Crippen LogP contribution is -2.07. The Bertz CT molecular complexity index is 620. The predicted octanol–water partition coefficient (Wildman–Crippen LogP) is 3.38. The number of rotatable bonds is 2. The van der Waals surface area contributed by atoms with Gasteiger partial charge in [0.05, 0.1) is 0 Å². The summed E-state index contributed by atoms with van der Waals surface area (Å²) in [4.78, 5) is 16.6. The van der Waals surface area contributed by atoms with Gasteiger partial charge in [-0.3, -0.25) is 9.78 Å². The number of hydrogen-bond donors (Lipinski definition) is 0. The van der Waals surface area contributed by atoms with Gasteiger partial charge in [0.15, 0.2) is 5.78 Å². The molecule has 3 heteroatoms. The van der Waals surface area contributed by atoms with Gasteiger partial charge in [-0.05, 0) is 50.6 Å². The average molecular weight is 243 g/mol. The molecule has 0 saturated carbocycles. The topological polar surface area (TPSA) is 30.0 Å². The van der Waals surface area contributed by atoms with Gasteiger partial charge in [-0.1, -0.05) is 6.07 Å². The van der Waals surface area contributed by atoms with E-state index in [-0.39, 0.29) is 5.78 Å². The van der Waals surface area contributed by atoms with E-state index >= 15 is 0 Å². The van der Waals surface area contributed by atoms with Crippen molar-refractivity contribution in [3.63, 3.8) is 0 Å². The Morgan fingerprint density at radius 3 is 2.44 bits per heavy atom. The first-order valence-electron chi connectivity index (χ1n) is 5.74. The number of halogens is 1. The van der Waals surface area contributed by atoms with E-state index in [2.05, 4.69) is 4.98 Å². The Balaban J connectivity index is 2.51. The van der Waals surface area contributed by atoms with Crippen molar-refractivity contribution < 1.29 is 9.18 Å². The molecule has 0 saturated heterocycles. The monoisotopic (exact) mass is 243 g/mol. The van der Waals surface area contributed by atoms with Crippen molar-refractivity contribution in [1.82, 2.24) is 4.98 Å². The third-order valence-electron chi connectivity index (χ3n) is 2.91. The fraction of sp³-hybridized carbons (Fsp3) is 0.200. The number of hydrogen-bond acceptors (Lipinski definition) is 2. The number of aryl methyl sites for hydroxylation is 3. The molecular formula is C15H14FNO. The second-order valence-electron chi connectivity index (χ2n) is 4.37. The van der Waals surface area contributed by atoms with Crippen LogP contribution in [0.3, 0.4) is 0 Å². The normalized spacial score (nSPS) is 10.4. The highest BCUT2D eigenvalue weighted by Gasteiger charge is 2.15. The molecule has 0 unspecified atom stereocenters. The largest absolute Gasteiger partial charge is 0.289 e. The Hall–Kier alpha value is -2.03. The van der Waals surface area contributed by atoms with Gasteiger partial charge in [-0.25, -0.2) is 4.39 Å². The summed E-state index contributed by atoms with van der Waals surface area (Å²) in [6.07, 6.45) is 0. The number of pyridine rings is 1. The SMILES string of the molecule is Cc1ccc(C(=O)c2cc(F)ccc2C)c(C)n1. The van der Waals surface area contributed by atoms with Crippen LogP contribution >= 0.6 is 0 Å². The van der Waals surface area contributed by atoms with Crippen LogP contribution in [0.5, 0.6) is 0 Å². The number of carbonyl (C=O) groups excluding carboxylic acids is 1. The fourth-order valence-electron chi connectivity index (χ4n) is 1.91. The molecule has 0 bridgehead atoms. The second kappa shape index (κ2) is 4.69. The van der Waals surface area contributed by atoms with Gasteiger partial charge >= 0.3 is 0 Å². The summed E-state index contributed by atoms with van der Waals surface area (Å²) >= 11 is 0. The fourth-order valence-corrected chi connectivity index (χ4v) is 1.91. The number of carbonyl (C=O) groups is 1. The Morgan fingerprint density at radius 1 is 1.06 bits per heavy atom. The van der Waals surface area contributed by atoms with E-state index in [1.165, 1.54) is 12.1 Å². The molecule has 2 nitrogen and oxygen atoms in total. The molecule has 0 aliphatic heterocycles. The van der Waals surface area contributed by atoms with Crippen LogP contribution < -0.4 is 0 Å². The van der Waals surface area contributed by atoms with Crippen LogP contribution in [0, 0.1) is 26.6 Å². The third kappa shape index (κ3) is 2.30. The van der Waals surface area contributed by atoms with Crippen molar-refractivity contribution in [2.75, 3.05) is 0 Å². The van der Waals surface area contributed by atoms with E-state index in [0.29, 0.717) is 16.8 Å². The lowest BCUT2D eigenvalue weighted by atomic mass is 9.98. The minimum absolute atomic E-state index is 0.183. The van der Waals surface area contributed by atoms with E-state index in [4.69, 9.17) is 0 Å². The molecule has 0 radical (unpaired) electrons. The number of aromatic nitrogens is 1. The van der Waals surface area contributed by atoms with Gasteiger partial charge in [-0.2, -0.15) is 0 Å². The van der Waals surface area contributed by atoms with Crippen molar-refractivity contribution in [3.05, 3.63) is 64.2 Å². The summed E-state index contributed by atoms with van der Waals surface area (Å²) in [5, 5.41) is 0. The molecular weight excluding hydrogens is 229 g/mol. The zero-order chi connectivity index (χ0) is 13.3. The summed E-state index contributed by atoms with van der Waals surface area (Å²) in [6, 6.07) is 7.77. The molecule has 2 aromatic rings. The first kappa shape index (κ1) is 12.4. The summed E-state index contributed by atoms with van der Waals surface area (Å²) < 4.78 is 13.2. The van der Waals surface area contributed by atoms with Crippen LogP contribution in [-0.4, -0.2) is 10.8 Å². The molecule has 1 aromatic carbocycles.